The molecule has 0 fully saturated rings. The fourth-order valence-corrected chi connectivity index (χ4v) is 2.58. The van der Waals surface area contributed by atoms with Gasteiger partial charge >= 0.3 is 0 Å². The number of aryl methyl sites for hydroxylation is 2. The minimum Gasteiger partial charge on any atom is -0.438 e. The Bertz CT molecular complexity index is 653. The smallest absolute Gasteiger partial charge is 0.222 e. The van der Waals surface area contributed by atoms with Crippen LogP contribution in [-0.4, -0.2) is 10.1 Å². The Morgan fingerprint density at radius 1 is 1.19 bits per heavy atom. The van der Waals surface area contributed by atoms with Crippen LogP contribution in [0.3, 0.4) is 0 Å². The van der Waals surface area contributed by atoms with Crippen molar-refractivity contribution in [3.05, 3.63) is 51.7 Å². The lowest BCUT2D eigenvalue weighted by molar-refractivity contribution is 0.281. The average Bonchev–Trinajstić information content (AvgIpc) is 2.43. The molecule has 3 nitrogen and oxygen atoms in total. The zero-order valence-corrected chi connectivity index (χ0v) is 13.5. The van der Waals surface area contributed by atoms with Crippen LogP contribution in [0.25, 0.3) is 0 Å². The zero-order chi connectivity index (χ0) is 15.6. The second kappa shape index (κ2) is 6.46. The van der Waals surface area contributed by atoms with Gasteiger partial charge in [0.15, 0.2) is 0 Å². The third-order valence-electron chi connectivity index (χ3n) is 3.39. The molecule has 0 bridgehead atoms. The van der Waals surface area contributed by atoms with Crippen LogP contribution in [-0.2, 0) is 6.61 Å². The quantitative estimate of drug-likeness (QED) is 0.885. The zero-order valence-electron chi connectivity index (χ0n) is 12.8. The highest BCUT2D eigenvalue weighted by molar-refractivity contribution is 6.31. The van der Waals surface area contributed by atoms with Crippen molar-refractivity contribution in [2.75, 3.05) is 0 Å². The summed E-state index contributed by atoms with van der Waals surface area (Å²) < 4.78 is 5.93. The number of pyridine rings is 1. The fraction of sp³-hybridized carbons (Fsp3) is 0.353. The number of hydrogen-bond donors (Lipinski definition) is 1. The average molecular weight is 306 g/mol. The second-order valence-corrected chi connectivity index (χ2v) is 5.93. The van der Waals surface area contributed by atoms with Crippen molar-refractivity contribution in [1.29, 1.82) is 0 Å². The molecule has 0 aliphatic carbocycles. The van der Waals surface area contributed by atoms with E-state index in [1.165, 1.54) is 0 Å². The number of nitrogens with zero attached hydrogens (tertiary/aromatic N) is 1. The summed E-state index contributed by atoms with van der Waals surface area (Å²) in [5.41, 5.74) is 3.69. The summed E-state index contributed by atoms with van der Waals surface area (Å²) in [4.78, 5) is 4.27. The van der Waals surface area contributed by atoms with Crippen molar-refractivity contribution in [2.45, 2.75) is 40.2 Å². The Morgan fingerprint density at radius 3 is 2.48 bits per heavy atom. The normalized spacial score (nSPS) is 11.0. The highest BCUT2D eigenvalue weighted by Crippen LogP contribution is 2.34. The molecule has 1 heterocycles. The summed E-state index contributed by atoms with van der Waals surface area (Å²) >= 11 is 6.27. The second-order valence-electron chi connectivity index (χ2n) is 5.52. The number of hydrogen-bond acceptors (Lipinski definition) is 3. The van der Waals surface area contributed by atoms with Crippen molar-refractivity contribution in [2.24, 2.45) is 0 Å². The minimum atomic E-state index is -0.0222. The van der Waals surface area contributed by atoms with Crippen molar-refractivity contribution >= 4 is 11.6 Å². The Hall–Kier alpha value is -1.58. The maximum absolute atomic E-state index is 9.12. The van der Waals surface area contributed by atoms with Gasteiger partial charge < -0.3 is 9.84 Å². The van der Waals surface area contributed by atoms with E-state index in [-0.39, 0.29) is 6.61 Å². The summed E-state index contributed by atoms with van der Waals surface area (Å²) in [7, 11) is 0. The largest absolute Gasteiger partial charge is 0.438 e. The Morgan fingerprint density at radius 2 is 1.90 bits per heavy atom. The van der Waals surface area contributed by atoms with Crippen molar-refractivity contribution in [3.8, 4) is 11.6 Å². The third-order valence-corrected chi connectivity index (χ3v) is 3.72. The van der Waals surface area contributed by atoms with Gasteiger partial charge in [-0.05, 0) is 54.7 Å². The lowest BCUT2D eigenvalue weighted by Gasteiger charge is -2.15. The molecule has 2 rings (SSSR count). The van der Waals surface area contributed by atoms with E-state index >= 15 is 0 Å². The third kappa shape index (κ3) is 3.55. The van der Waals surface area contributed by atoms with Gasteiger partial charge in [-0.25, -0.2) is 4.98 Å². The number of halogens is 1. The first kappa shape index (κ1) is 15.8. The number of ether oxygens (including phenoxy) is 1. The van der Waals surface area contributed by atoms with Gasteiger partial charge in [0.1, 0.15) is 5.75 Å². The van der Waals surface area contributed by atoms with Gasteiger partial charge in [-0.15, -0.1) is 0 Å². The summed E-state index contributed by atoms with van der Waals surface area (Å²) in [5, 5.41) is 9.88. The molecule has 1 N–H and O–H groups in total. The number of aromatic nitrogens is 1. The first-order valence-corrected chi connectivity index (χ1v) is 7.34. The van der Waals surface area contributed by atoms with Crippen LogP contribution in [0.15, 0.2) is 24.4 Å². The van der Waals surface area contributed by atoms with E-state index in [1.54, 1.807) is 6.20 Å². The molecule has 0 aliphatic rings. The number of aliphatic hydroxyl groups excluding tert-OH is 1. The molecule has 0 saturated carbocycles. The molecular weight excluding hydrogens is 286 g/mol. The van der Waals surface area contributed by atoms with Gasteiger partial charge in [0.05, 0.1) is 6.61 Å². The van der Waals surface area contributed by atoms with Crippen LogP contribution in [0.4, 0.5) is 0 Å². The van der Waals surface area contributed by atoms with E-state index in [0.717, 1.165) is 33.0 Å². The standard InChI is InChI=1S/C17H20ClNO2/c1-10(2)14-7-16(11(3)6-15(14)18)21-17-12(4)5-13(9-20)8-19-17/h5-8,10,20H,9H2,1-4H3. The first-order chi connectivity index (χ1) is 9.92. The first-order valence-electron chi connectivity index (χ1n) is 6.96. The van der Waals surface area contributed by atoms with Gasteiger partial charge in [0.2, 0.25) is 5.88 Å². The van der Waals surface area contributed by atoms with E-state index in [2.05, 4.69) is 18.8 Å². The molecule has 0 amide bonds. The summed E-state index contributed by atoms with van der Waals surface area (Å²) in [5.74, 6) is 1.63. The maximum Gasteiger partial charge on any atom is 0.222 e. The molecule has 2 aromatic rings. The molecule has 0 radical (unpaired) electrons. The Labute approximate surface area is 130 Å². The molecule has 4 heteroatoms. The minimum absolute atomic E-state index is 0.0222. The predicted octanol–water partition coefficient (Wildman–Crippen LogP) is 4.76. The van der Waals surface area contributed by atoms with Crippen LogP contribution in [0.1, 0.15) is 42.0 Å². The maximum atomic E-state index is 9.12. The van der Waals surface area contributed by atoms with Gasteiger partial charge in [0.25, 0.3) is 0 Å². The van der Waals surface area contributed by atoms with E-state index in [0.29, 0.717) is 11.8 Å². The highest BCUT2D eigenvalue weighted by atomic mass is 35.5. The van der Waals surface area contributed by atoms with Crippen LogP contribution < -0.4 is 4.74 Å². The molecule has 0 aliphatic heterocycles. The molecule has 21 heavy (non-hydrogen) atoms. The number of rotatable bonds is 4. The van der Waals surface area contributed by atoms with Gasteiger partial charge in [-0.2, -0.15) is 0 Å². The summed E-state index contributed by atoms with van der Waals surface area (Å²) in [6, 6.07) is 5.77. The molecule has 1 aromatic carbocycles. The van der Waals surface area contributed by atoms with Crippen molar-refractivity contribution < 1.29 is 9.84 Å². The van der Waals surface area contributed by atoms with Gasteiger partial charge in [-0.1, -0.05) is 25.4 Å². The van der Waals surface area contributed by atoms with E-state index in [9.17, 15) is 0 Å². The molecule has 0 saturated heterocycles. The molecule has 112 valence electrons. The molecule has 0 spiro atoms. The number of benzene rings is 1. The molecule has 1 aromatic heterocycles. The van der Waals surface area contributed by atoms with Crippen LogP contribution in [0.5, 0.6) is 11.6 Å². The lowest BCUT2D eigenvalue weighted by Crippen LogP contribution is -1.98. The topological polar surface area (TPSA) is 42.4 Å². The Balaban J connectivity index is 2.37. The summed E-state index contributed by atoms with van der Waals surface area (Å²) in [6.07, 6.45) is 1.62. The van der Waals surface area contributed by atoms with Gasteiger partial charge in [0, 0.05) is 16.8 Å². The molecule has 0 atom stereocenters. The molecule has 0 unspecified atom stereocenters. The summed E-state index contributed by atoms with van der Waals surface area (Å²) in [6.45, 7) is 8.05. The number of aliphatic hydroxyl groups is 1. The predicted molar refractivity (Wildman–Crippen MR) is 85.2 cm³/mol. The lowest BCUT2D eigenvalue weighted by atomic mass is 10.0. The fourth-order valence-electron chi connectivity index (χ4n) is 2.14. The van der Waals surface area contributed by atoms with E-state index in [4.69, 9.17) is 21.4 Å². The Kier molecular flexibility index (Phi) is 4.86. The van der Waals surface area contributed by atoms with Gasteiger partial charge in [-0.3, -0.25) is 0 Å². The van der Waals surface area contributed by atoms with E-state index in [1.807, 2.05) is 32.0 Å². The monoisotopic (exact) mass is 305 g/mol. The van der Waals surface area contributed by atoms with Crippen LogP contribution >= 0.6 is 11.6 Å². The SMILES string of the molecule is Cc1cc(Cl)c(C(C)C)cc1Oc1ncc(CO)cc1C. The molecular formula is C17H20ClNO2. The van der Waals surface area contributed by atoms with Crippen molar-refractivity contribution in [1.82, 2.24) is 4.98 Å². The highest BCUT2D eigenvalue weighted by Gasteiger charge is 2.12. The van der Waals surface area contributed by atoms with Crippen LogP contribution in [0, 0.1) is 13.8 Å². The van der Waals surface area contributed by atoms with E-state index < -0.39 is 0 Å². The van der Waals surface area contributed by atoms with Crippen LogP contribution in [0.2, 0.25) is 5.02 Å². The van der Waals surface area contributed by atoms with Crippen molar-refractivity contribution in [3.63, 3.8) is 0 Å².